The Kier molecular flexibility index (Phi) is 6.66. The number of halogens is 1. The van der Waals surface area contributed by atoms with E-state index in [4.69, 9.17) is 11.6 Å². The molecule has 2 aliphatic rings. The fraction of sp³-hybridized carbons (Fsp3) is 0.526. The number of hydrogen-bond donors (Lipinski definition) is 0. The lowest BCUT2D eigenvalue weighted by Gasteiger charge is -2.34. The lowest BCUT2D eigenvalue weighted by atomic mass is 10.2. The number of benzene rings is 1. The van der Waals surface area contributed by atoms with Gasteiger partial charge in [0.05, 0.1) is 10.6 Å². The topological polar surface area (TPSA) is 88.4 Å². The van der Waals surface area contributed by atoms with Crippen LogP contribution in [-0.4, -0.2) is 70.2 Å². The Bertz CT molecular complexity index is 1000. The van der Waals surface area contributed by atoms with Crippen LogP contribution in [0.1, 0.15) is 25.1 Å². The zero-order valence-electron chi connectivity index (χ0n) is 16.5. The Morgan fingerprint density at radius 3 is 2.47 bits per heavy atom. The molecule has 0 bridgehead atoms. The number of sulfonamides is 1. The fourth-order valence-electron chi connectivity index (χ4n) is 3.72. The number of thioether (sulfide) groups is 1. The van der Waals surface area contributed by atoms with Crippen molar-refractivity contribution in [1.29, 1.82) is 0 Å². The molecule has 1 aromatic heterocycles. The fourth-order valence-corrected chi connectivity index (χ4v) is 6.15. The third-order valence-electron chi connectivity index (χ3n) is 5.44. The highest BCUT2D eigenvalue weighted by atomic mass is 35.5. The van der Waals surface area contributed by atoms with E-state index in [1.807, 2.05) is 0 Å². The molecule has 0 radical (unpaired) electrons. The van der Waals surface area contributed by atoms with Crippen molar-refractivity contribution < 1.29 is 13.2 Å². The second-order valence-electron chi connectivity index (χ2n) is 7.39. The van der Waals surface area contributed by atoms with Crippen LogP contribution in [0.2, 0.25) is 5.02 Å². The Morgan fingerprint density at radius 1 is 1.00 bits per heavy atom. The van der Waals surface area contributed by atoms with E-state index in [0.29, 0.717) is 18.1 Å². The minimum Gasteiger partial charge on any atom is -0.339 e. The molecule has 1 aromatic carbocycles. The summed E-state index contributed by atoms with van der Waals surface area (Å²) in [5.74, 6) is 1.28. The van der Waals surface area contributed by atoms with Crippen molar-refractivity contribution in [2.24, 2.45) is 0 Å². The lowest BCUT2D eigenvalue weighted by Crippen LogP contribution is -2.50. The van der Waals surface area contributed by atoms with Crippen LogP contribution >= 0.6 is 23.4 Å². The number of amides is 1. The van der Waals surface area contributed by atoms with Gasteiger partial charge in [-0.2, -0.15) is 4.31 Å². The molecule has 11 heteroatoms. The number of rotatable bonds is 5. The number of aryl methyl sites for hydroxylation is 1. The van der Waals surface area contributed by atoms with Gasteiger partial charge in [0, 0.05) is 44.2 Å². The normalized spacial score (nSPS) is 18.1. The summed E-state index contributed by atoms with van der Waals surface area (Å²) >= 11 is 7.26. The molecule has 2 aromatic rings. The van der Waals surface area contributed by atoms with Crippen LogP contribution in [-0.2, 0) is 27.8 Å². The molecule has 1 saturated heterocycles. The summed E-state index contributed by atoms with van der Waals surface area (Å²) < 4.78 is 29.1. The summed E-state index contributed by atoms with van der Waals surface area (Å²) in [6.45, 7) is 2.22. The SMILES string of the molecule is O=C(CSc1nnc2n1CCCCC2)N1CCN(S(=O)(=O)c2ccc(Cl)cc2)CC1. The van der Waals surface area contributed by atoms with Crippen molar-refractivity contribution in [1.82, 2.24) is 24.0 Å². The van der Waals surface area contributed by atoms with Gasteiger partial charge in [-0.1, -0.05) is 29.8 Å². The summed E-state index contributed by atoms with van der Waals surface area (Å²) in [6.07, 6.45) is 4.36. The zero-order chi connectivity index (χ0) is 21.1. The van der Waals surface area contributed by atoms with Gasteiger partial charge in [0.1, 0.15) is 5.82 Å². The number of fused-ring (bicyclic) bond motifs is 1. The number of nitrogens with zero attached hydrogens (tertiary/aromatic N) is 5. The summed E-state index contributed by atoms with van der Waals surface area (Å²) in [5, 5.41) is 9.80. The van der Waals surface area contributed by atoms with E-state index < -0.39 is 10.0 Å². The smallest absolute Gasteiger partial charge is 0.243 e. The van der Waals surface area contributed by atoms with Crippen LogP contribution in [0.4, 0.5) is 0 Å². The van der Waals surface area contributed by atoms with Gasteiger partial charge in [-0.05, 0) is 37.1 Å². The largest absolute Gasteiger partial charge is 0.339 e. The van der Waals surface area contributed by atoms with Gasteiger partial charge in [0.2, 0.25) is 15.9 Å². The van der Waals surface area contributed by atoms with Gasteiger partial charge >= 0.3 is 0 Å². The van der Waals surface area contributed by atoms with Crippen LogP contribution in [0.15, 0.2) is 34.3 Å². The van der Waals surface area contributed by atoms with E-state index in [9.17, 15) is 13.2 Å². The molecule has 3 heterocycles. The molecule has 8 nitrogen and oxygen atoms in total. The second-order valence-corrected chi connectivity index (χ2v) is 10.7. The highest BCUT2D eigenvalue weighted by molar-refractivity contribution is 7.99. The molecule has 162 valence electrons. The first kappa shape index (κ1) is 21.6. The number of aromatic nitrogens is 3. The molecule has 0 aliphatic carbocycles. The third-order valence-corrected chi connectivity index (χ3v) is 8.56. The highest BCUT2D eigenvalue weighted by Crippen LogP contribution is 2.23. The lowest BCUT2D eigenvalue weighted by molar-refractivity contribution is -0.129. The molecule has 0 N–H and O–H groups in total. The van der Waals surface area contributed by atoms with E-state index in [1.54, 1.807) is 17.0 Å². The van der Waals surface area contributed by atoms with Gasteiger partial charge in [0.15, 0.2) is 5.16 Å². The predicted molar refractivity (Wildman–Crippen MR) is 115 cm³/mol. The zero-order valence-corrected chi connectivity index (χ0v) is 18.9. The van der Waals surface area contributed by atoms with Crippen LogP contribution in [0.25, 0.3) is 0 Å². The first-order valence-electron chi connectivity index (χ1n) is 10.0. The van der Waals surface area contributed by atoms with Crippen molar-refractivity contribution in [3.05, 3.63) is 35.1 Å². The van der Waals surface area contributed by atoms with Gasteiger partial charge < -0.3 is 9.47 Å². The van der Waals surface area contributed by atoms with Crippen molar-refractivity contribution in [3.63, 3.8) is 0 Å². The van der Waals surface area contributed by atoms with Crippen LogP contribution in [0, 0.1) is 0 Å². The van der Waals surface area contributed by atoms with Gasteiger partial charge in [-0.15, -0.1) is 10.2 Å². The molecule has 1 amide bonds. The summed E-state index contributed by atoms with van der Waals surface area (Å²) in [5.41, 5.74) is 0. The summed E-state index contributed by atoms with van der Waals surface area (Å²) in [4.78, 5) is 14.6. The molecule has 0 unspecified atom stereocenters. The van der Waals surface area contributed by atoms with Crippen LogP contribution in [0.5, 0.6) is 0 Å². The van der Waals surface area contributed by atoms with Crippen molar-refractivity contribution >= 4 is 39.3 Å². The standard InChI is InChI=1S/C19H24ClN5O3S2/c20-15-5-7-16(8-6-15)30(27,28)24-12-10-23(11-13-24)18(26)14-29-19-22-21-17-4-2-1-3-9-25(17)19/h5-8H,1-4,9-14H2. The Morgan fingerprint density at radius 2 is 1.73 bits per heavy atom. The number of piperazine rings is 1. The van der Waals surface area contributed by atoms with E-state index in [2.05, 4.69) is 14.8 Å². The Labute approximate surface area is 185 Å². The van der Waals surface area contributed by atoms with Crippen molar-refractivity contribution in [3.8, 4) is 0 Å². The first-order chi connectivity index (χ1) is 14.4. The number of carbonyl (C=O) groups excluding carboxylic acids is 1. The monoisotopic (exact) mass is 469 g/mol. The van der Waals surface area contributed by atoms with Crippen molar-refractivity contribution in [2.45, 2.75) is 42.3 Å². The molecule has 0 atom stereocenters. The molecular formula is C19H24ClN5O3S2. The van der Waals surface area contributed by atoms with Gasteiger partial charge in [0.25, 0.3) is 0 Å². The first-order valence-corrected chi connectivity index (χ1v) is 12.8. The quantitative estimate of drug-likeness (QED) is 0.624. The van der Waals surface area contributed by atoms with Gasteiger partial charge in [-0.25, -0.2) is 8.42 Å². The second kappa shape index (κ2) is 9.25. The highest BCUT2D eigenvalue weighted by Gasteiger charge is 2.30. The molecular weight excluding hydrogens is 446 g/mol. The predicted octanol–water partition coefficient (Wildman–Crippen LogP) is 2.28. The van der Waals surface area contributed by atoms with E-state index in [-0.39, 0.29) is 29.6 Å². The van der Waals surface area contributed by atoms with Crippen LogP contribution < -0.4 is 0 Å². The summed E-state index contributed by atoms with van der Waals surface area (Å²) in [7, 11) is -3.58. The maximum Gasteiger partial charge on any atom is 0.243 e. The molecule has 1 fully saturated rings. The maximum absolute atomic E-state index is 12.8. The van der Waals surface area contributed by atoms with Crippen molar-refractivity contribution in [2.75, 3.05) is 31.9 Å². The van der Waals surface area contributed by atoms with E-state index in [0.717, 1.165) is 36.8 Å². The van der Waals surface area contributed by atoms with E-state index >= 15 is 0 Å². The summed E-state index contributed by atoms with van der Waals surface area (Å²) in [6, 6.07) is 6.15. The minimum atomic E-state index is -3.58. The molecule has 0 spiro atoms. The van der Waals surface area contributed by atoms with Crippen LogP contribution in [0.3, 0.4) is 0 Å². The van der Waals surface area contributed by atoms with Gasteiger partial charge in [-0.3, -0.25) is 4.79 Å². The average molecular weight is 470 g/mol. The minimum absolute atomic E-state index is 0.00508. The maximum atomic E-state index is 12.8. The van der Waals surface area contributed by atoms with E-state index in [1.165, 1.54) is 34.6 Å². The molecule has 30 heavy (non-hydrogen) atoms. The Hall–Kier alpha value is -1.62. The Balaban J connectivity index is 1.31. The molecule has 0 saturated carbocycles. The third kappa shape index (κ3) is 4.66. The number of hydrogen-bond acceptors (Lipinski definition) is 6. The number of carbonyl (C=O) groups is 1. The molecule has 4 rings (SSSR count). The average Bonchev–Trinajstić information content (AvgIpc) is 2.98. The molecule has 2 aliphatic heterocycles.